The molecule has 0 amide bonds. The Labute approximate surface area is 379 Å². The molecular formula is C41H30O28. The number of cyclic esters (lactones) is 2. The summed E-state index contributed by atoms with van der Waals surface area (Å²) in [4.78, 5) is 93.8. The predicted octanol–water partition coefficient (Wildman–Crippen LogP) is -0.210. The van der Waals surface area contributed by atoms with Gasteiger partial charge in [0.15, 0.2) is 70.1 Å². The molecule has 1 fully saturated rings. The zero-order valence-electron chi connectivity index (χ0n) is 33.7. The van der Waals surface area contributed by atoms with Gasteiger partial charge in [0.2, 0.25) is 29.6 Å². The van der Waals surface area contributed by atoms with E-state index < -0.39 is 205 Å². The van der Waals surface area contributed by atoms with Gasteiger partial charge in [-0.05, 0) is 30.3 Å². The fourth-order valence-corrected chi connectivity index (χ4v) is 7.49. The third kappa shape index (κ3) is 8.11. The van der Waals surface area contributed by atoms with Gasteiger partial charge in [0, 0.05) is 22.8 Å². The van der Waals surface area contributed by atoms with Gasteiger partial charge < -0.3 is 105 Å². The number of benzene rings is 4. The molecule has 28 heteroatoms. The molecular weight excluding hydrogens is 940 g/mol. The number of rotatable bonds is 7. The van der Waals surface area contributed by atoms with E-state index in [1.807, 2.05) is 0 Å². The Balaban J connectivity index is 1.41. The van der Waals surface area contributed by atoms with Crippen LogP contribution in [0, 0.1) is 0 Å². The van der Waals surface area contributed by atoms with Crippen LogP contribution in [-0.4, -0.2) is 162 Å². The normalized spacial score (nSPS) is 22.1. The van der Waals surface area contributed by atoms with Gasteiger partial charge in [-0.25, -0.2) is 33.6 Å². The van der Waals surface area contributed by atoms with Crippen molar-refractivity contribution in [3.8, 4) is 80.1 Å². The number of aromatic hydroxyl groups is 12. The zero-order valence-corrected chi connectivity index (χ0v) is 33.7. The van der Waals surface area contributed by atoms with Crippen molar-refractivity contribution in [1.29, 1.82) is 0 Å². The topological polar surface area (TPSA) is 478 Å². The molecule has 0 aliphatic carbocycles. The minimum atomic E-state index is -2.71. The number of aliphatic carboxylic acids is 2. The number of phenols is 12. The summed E-state index contributed by atoms with van der Waals surface area (Å²) in [5.41, 5.74) is -8.70. The van der Waals surface area contributed by atoms with E-state index in [9.17, 15) is 110 Å². The number of esters is 5. The van der Waals surface area contributed by atoms with Crippen molar-refractivity contribution in [2.45, 2.75) is 42.7 Å². The summed E-state index contributed by atoms with van der Waals surface area (Å²) in [6.45, 7) is -1.39. The van der Waals surface area contributed by atoms with Gasteiger partial charge in [-0.2, -0.15) is 0 Å². The quantitative estimate of drug-likeness (QED) is 0.0493. The van der Waals surface area contributed by atoms with Crippen LogP contribution in [0.3, 0.4) is 0 Å². The average Bonchev–Trinajstić information content (AvgIpc) is 3.28. The maximum Gasteiger partial charge on any atom is 0.346 e. The van der Waals surface area contributed by atoms with Crippen LogP contribution in [-0.2, 0) is 42.8 Å². The monoisotopic (exact) mass is 970 g/mol. The number of aliphatic hydroxyl groups excluding tert-OH is 1. The third-order valence-electron chi connectivity index (χ3n) is 10.7. The highest BCUT2D eigenvalue weighted by Crippen LogP contribution is 2.54. The summed E-state index contributed by atoms with van der Waals surface area (Å²) in [5.74, 6) is -31.5. The lowest BCUT2D eigenvalue weighted by molar-refractivity contribution is -0.287. The van der Waals surface area contributed by atoms with Crippen LogP contribution >= 0.6 is 0 Å². The van der Waals surface area contributed by atoms with Crippen LogP contribution < -0.4 is 0 Å². The summed E-state index contributed by atoms with van der Waals surface area (Å²) in [5, 5.41) is 157. The summed E-state index contributed by atoms with van der Waals surface area (Å²) < 4.78 is 32.0. The van der Waals surface area contributed by atoms with Crippen LogP contribution in [0.1, 0.15) is 52.9 Å². The van der Waals surface area contributed by atoms with Crippen molar-refractivity contribution in [3.05, 3.63) is 69.8 Å². The summed E-state index contributed by atoms with van der Waals surface area (Å²) in [7, 11) is 0. The molecule has 4 aromatic rings. The van der Waals surface area contributed by atoms with Crippen LogP contribution in [0.5, 0.6) is 69.0 Å². The highest BCUT2D eigenvalue weighted by molar-refractivity contribution is 6.09. The zero-order chi connectivity index (χ0) is 50.8. The number of phenolic OH excluding ortho intramolecular Hbond substituents is 12. The number of hydrogen-bond donors (Lipinski definition) is 15. The van der Waals surface area contributed by atoms with E-state index in [0.29, 0.717) is 30.3 Å². The molecule has 15 N–H and O–H groups in total. The Morgan fingerprint density at radius 1 is 0.594 bits per heavy atom. The number of carbonyl (C=O) groups is 7. The lowest BCUT2D eigenvalue weighted by Gasteiger charge is -2.43. The SMILES string of the molecule is O=C(O)C=C(C(=O)O[C@H]1[C@@H]2OC(=O)c3cc(O)c(O)c(O)c3-c3c(cc(O)c(O)c3O)C(=O)OC[C@H]1O[C@H](OC(=O)c1cc(O)c(O)c(O)c1)[C@H]2O)[C@H]1c2c(cc(O)c(O)c2O)C(=O)O[C@@H]1C(=O)O. The first-order chi connectivity index (χ1) is 32.3. The summed E-state index contributed by atoms with van der Waals surface area (Å²) >= 11 is 0. The minimum Gasteiger partial charge on any atom is -0.504 e. The van der Waals surface area contributed by atoms with Gasteiger partial charge >= 0.3 is 41.8 Å². The van der Waals surface area contributed by atoms with Gasteiger partial charge in [0.05, 0.1) is 33.7 Å². The number of fused-ring (bicyclic) bond motifs is 6. The van der Waals surface area contributed by atoms with Crippen LogP contribution in [0.15, 0.2) is 42.0 Å². The van der Waals surface area contributed by atoms with Crippen molar-refractivity contribution in [1.82, 2.24) is 0 Å². The number of carboxylic acid groups (broad SMARTS) is 2. The Kier molecular flexibility index (Phi) is 11.9. The minimum absolute atomic E-state index is 0.0453. The van der Waals surface area contributed by atoms with E-state index >= 15 is 0 Å². The molecule has 3 aliphatic rings. The molecule has 28 nitrogen and oxygen atoms in total. The highest BCUT2D eigenvalue weighted by atomic mass is 16.7. The molecule has 0 radical (unpaired) electrons. The molecule has 3 heterocycles. The van der Waals surface area contributed by atoms with Gasteiger partial charge in [-0.1, -0.05) is 0 Å². The molecule has 0 aromatic heterocycles. The Hall–Kier alpha value is -9.57. The molecule has 69 heavy (non-hydrogen) atoms. The first-order valence-electron chi connectivity index (χ1n) is 18.9. The van der Waals surface area contributed by atoms with Crippen molar-refractivity contribution in [2.75, 3.05) is 6.61 Å². The fourth-order valence-electron chi connectivity index (χ4n) is 7.49. The van der Waals surface area contributed by atoms with E-state index in [1.165, 1.54) is 0 Å². The standard InChI is InChI=1S/C41H30O28/c42-13-1-8(2-14(43)24(13)49)36(59)69-41-31(56)34-32(66-40(63)12(6-19(47)48)23-22-11(5-17(46)27(52)30(22)55)38(61)67-33(23)35(57)58)18(65-41)7-64-37(60)9-3-15(44)25(50)28(53)20(9)21-10(39(62)68-34)4-16(45)26(51)29(21)54/h1-6,18,23,31-34,41-46,49-56H,7H2,(H,47,48)(H,57,58)/t18-,23+,31+,32-,33+,34-,41-/m1/s1. The molecule has 1 saturated heterocycles. The first-order valence-corrected chi connectivity index (χ1v) is 18.9. The lowest BCUT2D eigenvalue weighted by atomic mass is 9.80. The van der Waals surface area contributed by atoms with E-state index in [-0.39, 0.29) is 6.08 Å². The average molecular weight is 971 g/mol. The number of aliphatic hydroxyl groups is 1. The van der Waals surface area contributed by atoms with Crippen molar-refractivity contribution in [2.24, 2.45) is 0 Å². The van der Waals surface area contributed by atoms with Crippen molar-refractivity contribution in [3.63, 3.8) is 0 Å². The summed E-state index contributed by atoms with van der Waals surface area (Å²) in [6.07, 6.45) is -15.5. The van der Waals surface area contributed by atoms with Gasteiger partial charge in [-0.15, -0.1) is 0 Å². The number of hydrogen-bond acceptors (Lipinski definition) is 26. The molecule has 2 bridgehead atoms. The molecule has 0 spiro atoms. The van der Waals surface area contributed by atoms with E-state index in [2.05, 4.69) is 0 Å². The molecule has 3 aliphatic heterocycles. The Morgan fingerprint density at radius 3 is 1.62 bits per heavy atom. The van der Waals surface area contributed by atoms with Crippen molar-refractivity contribution < 1.29 is 139 Å². The maximum atomic E-state index is 14.5. The van der Waals surface area contributed by atoms with Gasteiger partial charge in [-0.3, -0.25) is 0 Å². The first kappa shape index (κ1) is 47.4. The second-order valence-corrected chi connectivity index (χ2v) is 14.8. The molecule has 362 valence electrons. The molecule has 4 aromatic carbocycles. The fraction of sp³-hybridized carbons (Fsp3) is 0.195. The van der Waals surface area contributed by atoms with E-state index in [0.717, 1.165) is 0 Å². The number of carbonyl (C=O) groups excluding carboxylic acids is 5. The molecule has 0 unspecified atom stereocenters. The Morgan fingerprint density at radius 2 is 1.09 bits per heavy atom. The van der Waals surface area contributed by atoms with Crippen LogP contribution in [0.4, 0.5) is 0 Å². The van der Waals surface area contributed by atoms with Crippen molar-refractivity contribution >= 4 is 41.8 Å². The number of ether oxygens (including phenoxy) is 6. The predicted molar refractivity (Wildman–Crippen MR) is 209 cm³/mol. The smallest absolute Gasteiger partial charge is 0.346 e. The van der Waals surface area contributed by atoms with E-state index in [1.54, 1.807) is 0 Å². The largest absolute Gasteiger partial charge is 0.504 e. The third-order valence-corrected chi connectivity index (χ3v) is 10.7. The molecule has 7 rings (SSSR count). The molecule has 7 atom stereocenters. The highest BCUT2D eigenvalue weighted by Gasteiger charge is 2.54. The van der Waals surface area contributed by atoms with Crippen LogP contribution in [0.25, 0.3) is 11.1 Å². The van der Waals surface area contributed by atoms with E-state index in [4.69, 9.17) is 28.4 Å². The second-order valence-electron chi connectivity index (χ2n) is 14.8. The number of carboxylic acids is 2. The van der Waals surface area contributed by atoms with Crippen LogP contribution in [0.2, 0.25) is 0 Å². The maximum absolute atomic E-state index is 14.5. The Bertz CT molecular complexity index is 2950. The lowest BCUT2D eigenvalue weighted by Crippen LogP contribution is -2.62. The molecule has 0 saturated carbocycles. The van der Waals surface area contributed by atoms with Gasteiger partial charge in [0.1, 0.15) is 12.7 Å². The second kappa shape index (κ2) is 17.3. The summed E-state index contributed by atoms with van der Waals surface area (Å²) in [6, 6.07) is 2.27. The van der Waals surface area contributed by atoms with Gasteiger partial charge in [0.25, 0.3) is 0 Å².